The molecule has 0 radical (unpaired) electrons. The molecular formula is C14H22N4S. The van der Waals surface area contributed by atoms with Gasteiger partial charge < -0.3 is 15.5 Å². The zero-order valence-corrected chi connectivity index (χ0v) is 12.5. The molecule has 0 atom stereocenters. The zero-order valence-electron chi connectivity index (χ0n) is 11.6. The minimum Gasteiger partial charge on any atom is -0.384 e. The molecule has 5 heteroatoms. The van der Waals surface area contributed by atoms with Crippen molar-refractivity contribution in [2.75, 3.05) is 44.4 Å². The standard InChI is InChI=1S/C14H22N4S/c1-17-7-4-8-18(10-9-17)11-5-3-6-12(19-2)13(11)14(15)16/h3,5-6H,4,7-10H2,1-2H3,(H3,15,16). The van der Waals surface area contributed by atoms with Crippen molar-refractivity contribution in [2.24, 2.45) is 5.73 Å². The summed E-state index contributed by atoms with van der Waals surface area (Å²) in [6.07, 6.45) is 3.18. The van der Waals surface area contributed by atoms with Crippen molar-refractivity contribution in [1.29, 1.82) is 5.41 Å². The minimum absolute atomic E-state index is 0.164. The van der Waals surface area contributed by atoms with Crippen LogP contribution in [0.1, 0.15) is 12.0 Å². The van der Waals surface area contributed by atoms with Gasteiger partial charge in [-0.15, -0.1) is 11.8 Å². The average molecular weight is 278 g/mol. The lowest BCUT2D eigenvalue weighted by atomic mass is 10.1. The Morgan fingerprint density at radius 2 is 2.05 bits per heavy atom. The molecule has 0 unspecified atom stereocenters. The van der Waals surface area contributed by atoms with Gasteiger partial charge in [-0.05, 0) is 38.4 Å². The number of likely N-dealkylation sites (N-methyl/N-ethyl adjacent to an activating group) is 1. The molecule has 19 heavy (non-hydrogen) atoms. The third-order valence-electron chi connectivity index (χ3n) is 3.55. The Hall–Kier alpha value is -1.20. The van der Waals surface area contributed by atoms with E-state index in [1.165, 1.54) is 0 Å². The van der Waals surface area contributed by atoms with E-state index in [0.29, 0.717) is 0 Å². The van der Waals surface area contributed by atoms with E-state index < -0.39 is 0 Å². The van der Waals surface area contributed by atoms with E-state index in [-0.39, 0.29) is 5.84 Å². The van der Waals surface area contributed by atoms with Gasteiger partial charge >= 0.3 is 0 Å². The number of nitrogens with one attached hydrogen (secondary N) is 1. The summed E-state index contributed by atoms with van der Waals surface area (Å²) in [4.78, 5) is 5.80. The Morgan fingerprint density at radius 1 is 1.26 bits per heavy atom. The molecule has 3 N–H and O–H groups in total. The molecule has 1 aromatic carbocycles. The number of hydrogen-bond donors (Lipinski definition) is 2. The van der Waals surface area contributed by atoms with Crippen molar-refractivity contribution in [1.82, 2.24) is 4.90 Å². The molecule has 0 saturated carbocycles. The summed E-state index contributed by atoms with van der Waals surface area (Å²) in [5.41, 5.74) is 7.79. The monoisotopic (exact) mass is 278 g/mol. The van der Waals surface area contributed by atoms with Gasteiger partial charge in [0.2, 0.25) is 0 Å². The molecule has 0 bridgehead atoms. The molecule has 1 aromatic rings. The number of amidine groups is 1. The van der Waals surface area contributed by atoms with E-state index in [4.69, 9.17) is 11.1 Å². The predicted octanol–water partition coefficient (Wildman–Crippen LogP) is 1.83. The smallest absolute Gasteiger partial charge is 0.126 e. The fourth-order valence-electron chi connectivity index (χ4n) is 2.51. The molecule has 0 spiro atoms. The first-order valence-corrected chi connectivity index (χ1v) is 7.81. The molecule has 2 rings (SSSR count). The highest BCUT2D eigenvalue weighted by Crippen LogP contribution is 2.29. The molecule has 0 aromatic heterocycles. The number of nitrogens with two attached hydrogens (primary N) is 1. The van der Waals surface area contributed by atoms with Crippen LogP contribution in [0.15, 0.2) is 23.1 Å². The molecule has 0 amide bonds. The highest BCUT2D eigenvalue weighted by molar-refractivity contribution is 7.98. The van der Waals surface area contributed by atoms with Crippen molar-refractivity contribution in [2.45, 2.75) is 11.3 Å². The molecule has 1 saturated heterocycles. The van der Waals surface area contributed by atoms with E-state index in [1.54, 1.807) is 11.8 Å². The van der Waals surface area contributed by atoms with Crippen molar-refractivity contribution >= 4 is 23.3 Å². The third-order valence-corrected chi connectivity index (χ3v) is 4.33. The Morgan fingerprint density at radius 3 is 2.74 bits per heavy atom. The Bertz CT molecular complexity index is 461. The summed E-state index contributed by atoms with van der Waals surface area (Å²) in [5, 5.41) is 7.86. The number of nitrogens with zero attached hydrogens (tertiary/aromatic N) is 2. The molecule has 0 aliphatic carbocycles. The molecule has 4 nitrogen and oxygen atoms in total. The summed E-state index contributed by atoms with van der Waals surface area (Å²) < 4.78 is 0. The van der Waals surface area contributed by atoms with E-state index in [2.05, 4.69) is 29.0 Å². The third kappa shape index (κ3) is 3.22. The maximum Gasteiger partial charge on any atom is 0.126 e. The number of thioether (sulfide) groups is 1. The fraction of sp³-hybridized carbons (Fsp3) is 0.500. The van der Waals surface area contributed by atoms with Gasteiger partial charge in [-0.1, -0.05) is 6.07 Å². The van der Waals surface area contributed by atoms with Gasteiger partial charge in [-0.2, -0.15) is 0 Å². The molecule has 104 valence electrons. The van der Waals surface area contributed by atoms with Crippen molar-refractivity contribution in [3.05, 3.63) is 23.8 Å². The second kappa shape index (κ2) is 6.30. The van der Waals surface area contributed by atoms with Crippen LogP contribution in [-0.2, 0) is 0 Å². The first-order valence-electron chi connectivity index (χ1n) is 6.58. The van der Waals surface area contributed by atoms with Gasteiger partial charge in [0.15, 0.2) is 0 Å². The SMILES string of the molecule is CSc1cccc(N2CCCN(C)CC2)c1C(=N)N. The summed E-state index contributed by atoms with van der Waals surface area (Å²) in [7, 11) is 2.16. The topological polar surface area (TPSA) is 56.4 Å². The van der Waals surface area contributed by atoms with Crippen LogP contribution in [0.3, 0.4) is 0 Å². The average Bonchev–Trinajstić information content (AvgIpc) is 2.62. The first kappa shape index (κ1) is 14.2. The van der Waals surface area contributed by atoms with E-state index in [0.717, 1.165) is 48.7 Å². The second-order valence-corrected chi connectivity index (χ2v) is 5.76. The van der Waals surface area contributed by atoms with Crippen molar-refractivity contribution in [3.63, 3.8) is 0 Å². The van der Waals surface area contributed by atoms with Crippen LogP contribution in [0.5, 0.6) is 0 Å². The maximum atomic E-state index is 7.86. The van der Waals surface area contributed by atoms with Crippen LogP contribution in [0.25, 0.3) is 0 Å². The van der Waals surface area contributed by atoms with Crippen LogP contribution >= 0.6 is 11.8 Å². The summed E-state index contributed by atoms with van der Waals surface area (Å²) >= 11 is 1.65. The lowest BCUT2D eigenvalue weighted by Gasteiger charge is -2.26. The van der Waals surface area contributed by atoms with Crippen molar-refractivity contribution < 1.29 is 0 Å². The Balaban J connectivity index is 2.35. The number of anilines is 1. The quantitative estimate of drug-likeness (QED) is 0.503. The van der Waals surface area contributed by atoms with Crippen molar-refractivity contribution in [3.8, 4) is 0 Å². The fourth-order valence-corrected chi connectivity index (χ4v) is 3.14. The summed E-state index contributed by atoms with van der Waals surface area (Å²) in [6, 6.07) is 6.18. The normalized spacial score (nSPS) is 17.3. The number of rotatable bonds is 3. The van der Waals surface area contributed by atoms with Crippen LogP contribution < -0.4 is 10.6 Å². The van der Waals surface area contributed by atoms with Gasteiger partial charge in [-0.3, -0.25) is 5.41 Å². The molecule has 1 heterocycles. The molecule has 1 aliphatic rings. The van der Waals surface area contributed by atoms with E-state index in [9.17, 15) is 0 Å². The second-order valence-electron chi connectivity index (χ2n) is 4.91. The van der Waals surface area contributed by atoms with Gasteiger partial charge in [0, 0.05) is 30.2 Å². The lowest BCUT2D eigenvalue weighted by Crippen LogP contribution is -2.31. The Labute approximate surface area is 119 Å². The predicted molar refractivity (Wildman–Crippen MR) is 83.6 cm³/mol. The minimum atomic E-state index is 0.164. The number of hydrogen-bond acceptors (Lipinski definition) is 4. The van der Waals surface area contributed by atoms with Crippen LogP contribution in [0, 0.1) is 5.41 Å². The van der Waals surface area contributed by atoms with Gasteiger partial charge in [0.1, 0.15) is 5.84 Å². The summed E-state index contributed by atoms with van der Waals surface area (Å²) in [6.45, 7) is 4.21. The van der Waals surface area contributed by atoms with Crippen LogP contribution in [-0.4, -0.2) is 50.2 Å². The first-order chi connectivity index (χ1) is 9.13. The highest BCUT2D eigenvalue weighted by Gasteiger charge is 2.18. The summed E-state index contributed by atoms with van der Waals surface area (Å²) in [5.74, 6) is 0.164. The van der Waals surface area contributed by atoms with Crippen LogP contribution in [0.2, 0.25) is 0 Å². The largest absolute Gasteiger partial charge is 0.384 e. The number of benzene rings is 1. The van der Waals surface area contributed by atoms with Crippen LogP contribution in [0.4, 0.5) is 5.69 Å². The maximum absolute atomic E-state index is 7.86. The van der Waals surface area contributed by atoms with Gasteiger partial charge in [0.25, 0.3) is 0 Å². The van der Waals surface area contributed by atoms with E-state index in [1.807, 2.05) is 12.3 Å². The zero-order chi connectivity index (χ0) is 13.8. The number of nitrogen functional groups attached to an aromatic ring is 1. The van der Waals surface area contributed by atoms with Gasteiger partial charge in [0.05, 0.1) is 5.56 Å². The molecular weight excluding hydrogens is 256 g/mol. The Kier molecular flexibility index (Phi) is 4.71. The molecule has 1 aliphatic heterocycles. The molecule has 1 fully saturated rings. The van der Waals surface area contributed by atoms with E-state index >= 15 is 0 Å². The van der Waals surface area contributed by atoms with Gasteiger partial charge in [-0.25, -0.2) is 0 Å². The highest BCUT2D eigenvalue weighted by atomic mass is 32.2. The lowest BCUT2D eigenvalue weighted by molar-refractivity contribution is 0.360.